The van der Waals surface area contributed by atoms with Gasteiger partial charge in [-0.3, -0.25) is 9.59 Å². The molecule has 0 spiro atoms. The minimum absolute atomic E-state index is 0.0792. The Morgan fingerprint density at radius 1 is 1.03 bits per heavy atom. The van der Waals surface area contributed by atoms with Crippen LogP contribution in [0.5, 0.6) is 5.75 Å². The van der Waals surface area contributed by atoms with Crippen LogP contribution in [0.3, 0.4) is 0 Å². The number of benzene rings is 2. The second-order valence-electron chi connectivity index (χ2n) is 8.88. The van der Waals surface area contributed by atoms with E-state index in [-0.39, 0.29) is 24.5 Å². The maximum atomic E-state index is 13.1. The van der Waals surface area contributed by atoms with Gasteiger partial charge >= 0.3 is 0 Å². The first kappa shape index (κ1) is 23.8. The summed E-state index contributed by atoms with van der Waals surface area (Å²) in [6, 6.07) is 15.5. The van der Waals surface area contributed by atoms with Crippen LogP contribution in [-0.2, 0) is 16.0 Å². The largest absolute Gasteiger partial charge is 0.484 e. The lowest BCUT2D eigenvalue weighted by molar-refractivity contribution is -0.141. The van der Waals surface area contributed by atoms with Crippen molar-refractivity contribution in [3.63, 3.8) is 0 Å². The van der Waals surface area contributed by atoms with Crippen molar-refractivity contribution in [2.45, 2.75) is 71.4 Å². The minimum atomic E-state index is -0.545. The first-order chi connectivity index (χ1) is 15.4. The fourth-order valence-electron chi connectivity index (χ4n) is 4.17. The molecule has 2 aromatic carbocycles. The molecule has 2 amide bonds. The van der Waals surface area contributed by atoms with E-state index in [1.807, 2.05) is 69.3 Å². The summed E-state index contributed by atoms with van der Waals surface area (Å²) in [5.41, 5.74) is 3.44. The van der Waals surface area contributed by atoms with Crippen LogP contribution in [-0.4, -0.2) is 41.9 Å². The number of ether oxygens (including phenoxy) is 1. The maximum absolute atomic E-state index is 13.1. The molecule has 0 saturated heterocycles. The Morgan fingerprint density at radius 3 is 2.44 bits per heavy atom. The maximum Gasteiger partial charge on any atom is 0.261 e. The lowest BCUT2D eigenvalue weighted by Gasteiger charge is -2.31. The Kier molecular flexibility index (Phi) is 8.72. The predicted octanol–water partition coefficient (Wildman–Crippen LogP) is 4.59. The lowest BCUT2D eigenvalue weighted by Crippen LogP contribution is -2.52. The number of nitrogens with zero attached hydrogens (tertiary/aromatic N) is 1. The van der Waals surface area contributed by atoms with Crippen molar-refractivity contribution in [2.24, 2.45) is 0 Å². The molecule has 1 aliphatic rings. The van der Waals surface area contributed by atoms with Crippen LogP contribution < -0.4 is 10.1 Å². The Balaban J connectivity index is 1.65. The first-order valence-electron chi connectivity index (χ1n) is 11.8. The average molecular weight is 437 g/mol. The summed E-state index contributed by atoms with van der Waals surface area (Å²) in [7, 11) is 0. The number of rotatable bonds is 9. The summed E-state index contributed by atoms with van der Waals surface area (Å²) in [6.07, 6.45) is 6.27. The van der Waals surface area contributed by atoms with Gasteiger partial charge in [-0.15, -0.1) is 0 Å². The van der Waals surface area contributed by atoms with Gasteiger partial charge in [0.2, 0.25) is 5.91 Å². The highest BCUT2D eigenvalue weighted by Gasteiger charge is 2.28. The van der Waals surface area contributed by atoms with Gasteiger partial charge in [-0.1, -0.05) is 55.7 Å². The van der Waals surface area contributed by atoms with Crippen molar-refractivity contribution in [2.75, 3.05) is 13.2 Å². The standard InChI is InChI=1S/C27H36N2O3/c1-20-14-15-25(18-21(20)2)32-19-26(30)29(17-16-23-10-6-4-7-11-23)22(3)27(31)28-24-12-8-5-9-13-24/h4,6-7,10-11,14-15,18,22,24H,5,8-9,12-13,16-17,19H2,1-3H3,(H,28,31). The number of aryl methyl sites for hydroxylation is 2. The van der Waals surface area contributed by atoms with E-state index in [9.17, 15) is 9.59 Å². The zero-order valence-corrected chi connectivity index (χ0v) is 19.6. The first-order valence-corrected chi connectivity index (χ1v) is 11.8. The van der Waals surface area contributed by atoms with E-state index >= 15 is 0 Å². The van der Waals surface area contributed by atoms with Crippen LogP contribution in [0.2, 0.25) is 0 Å². The number of nitrogens with one attached hydrogen (secondary N) is 1. The number of carbonyl (C=O) groups is 2. The molecule has 0 bridgehead atoms. The van der Waals surface area contributed by atoms with E-state index in [1.54, 1.807) is 4.90 Å². The number of hydrogen-bond acceptors (Lipinski definition) is 3. The van der Waals surface area contributed by atoms with Crippen LogP contribution in [0.25, 0.3) is 0 Å². The van der Waals surface area contributed by atoms with Crippen molar-refractivity contribution in [3.8, 4) is 5.75 Å². The van der Waals surface area contributed by atoms with Gasteiger partial charge in [0, 0.05) is 12.6 Å². The molecule has 1 aliphatic carbocycles. The van der Waals surface area contributed by atoms with E-state index in [0.29, 0.717) is 18.7 Å². The summed E-state index contributed by atoms with van der Waals surface area (Å²) in [5, 5.41) is 3.17. The van der Waals surface area contributed by atoms with Crippen LogP contribution in [0.15, 0.2) is 48.5 Å². The summed E-state index contributed by atoms with van der Waals surface area (Å²) in [4.78, 5) is 27.8. The molecule has 1 fully saturated rings. The highest BCUT2D eigenvalue weighted by molar-refractivity contribution is 5.88. The van der Waals surface area contributed by atoms with Crippen LogP contribution >= 0.6 is 0 Å². The van der Waals surface area contributed by atoms with Crippen molar-refractivity contribution in [3.05, 3.63) is 65.2 Å². The normalized spacial score (nSPS) is 15.1. The summed E-state index contributed by atoms with van der Waals surface area (Å²) < 4.78 is 5.79. The Morgan fingerprint density at radius 2 is 1.75 bits per heavy atom. The lowest BCUT2D eigenvalue weighted by atomic mass is 9.95. The highest BCUT2D eigenvalue weighted by atomic mass is 16.5. The van der Waals surface area contributed by atoms with E-state index in [2.05, 4.69) is 5.32 Å². The molecule has 0 aromatic heterocycles. The zero-order chi connectivity index (χ0) is 22.9. The third-order valence-corrected chi connectivity index (χ3v) is 6.44. The molecular weight excluding hydrogens is 400 g/mol. The molecular formula is C27H36N2O3. The molecule has 32 heavy (non-hydrogen) atoms. The van der Waals surface area contributed by atoms with Crippen LogP contribution in [0, 0.1) is 13.8 Å². The smallest absolute Gasteiger partial charge is 0.261 e. The van der Waals surface area contributed by atoms with Gasteiger partial charge in [-0.2, -0.15) is 0 Å². The monoisotopic (exact) mass is 436 g/mol. The van der Waals surface area contributed by atoms with Crippen molar-refractivity contribution in [1.82, 2.24) is 10.2 Å². The molecule has 5 heteroatoms. The van der Waals surface area contributed by atoms with Crippen LogP contribution in [0.1, 0.15) is 55.7 Å². The summed E-state index contributed by atoms with van der Waals surface area (Å²) >= 11 is 0. The van der Waals surface area contributed by atoms with Gasteiger partial charge < -0.3 is 15.0 Å². The highest BCUT2D eigenvalue weighted by Crippen LogP contribution is 2.19. The third-order valence-electron chi connectivity index (χ3n) is 6.44. The van der Waals surface area contributed by atoms with Gasteiger partial charge in [0.15, 0.2) is 6.61 Å². The van der Waals surface area contributed by atoms with E-state index < -0.39 is 6.04 Å². The molecule has 1 N–H and O–H groups in total. The van der Waals surface area contributed by atoms with E-state index in [4.69, 9.17) is 4.74 Å². The Bertz CT molecular complexity index is 891. The van der Waals surface area contributed by atoms with Gasteiger partial charge in [0.1, 0.15) is 11.8 Å². The molecule has 0 radical (unpaired) electrons. The SMILES string of the molecule is Cc1ccc(OCC(=O)N(CCc2ccccc2)C(C)C(=O)NC2CCCCC2)cc1C. The van der Waals surface area contributed by atoms with Crippen molar-refractivity contribution < 1.29 is 14.3 Å². The molecule has 172 valence electrons. The second kappa shape index (κ2) is 11.7. The Labute approximate surface area is 192 Å². The molecule has 0 heterocycles. The second-order valence-corrected chi connectivity index (χ2v) is 8.88. The van der Waals surface area contributed by atoms with E-state index in [1.165, 1.54) is 12.0 Å². The molecule has 3 rings (SSSR count). The van der Waals surface area contributed by atoms with Crippen molar-refractivity contribution in [1.29, 1.82) is 0 Å². The topological polar surface area (TPSA) is 58.6 Å². The summed E-state index contributed by atoms with van der Waals surface area (Å²) in [6.45, 7) is 6.27. The minimum Gasteiger partial charge on any atom is -0.484 e. The number of carbonyl (C=O) groups excluding carboxylic acids is 2. The summed E-state index contributed by atoms with van der Waals surface area (Å²) in [5.74, 6) is 0.415. The average Bonchev–Trinajstić information content (AvgIpc) is 2.81. The number of amides is 2. The molecule has 5 nitrogen and oxygen atoms in total. The van der Waals surface area contributed by atoms with Crippen LogP contribution in [0.4, 0.5) is 0 Å². The van der Waals surface area contributed by atoms with Gasteiger partial charge in [-0.25, -0.2) is 0 Å². The predicted molar refractivity (Wildman–Crippen MR) is 128 cm³/mol. The number of hydrogen-bond donors (Lipinski definition) is 1. The quantitative estimate of drug-likeness (QED) is 0.625. The third kappa shape index (κ3) is 6.84. The van der Waals surface area contributed by atoms with Gasteiger partial charge in [-0.05, 0) is 68.9 Å². The molecule has 0 aliphatic heterocycles. The fourth-order valence-corrected chi connectivity index (χ4v) is 4.17. The zero-order valence-electron chi connectivity index (χ0n) is 19.6. The Hall–Kier alpha value is -2.82. The molecule has 2 aromatic rings. The van der Waals surface area contributed by atoms with Gasteiger partial charge in [0.05, 0.1) is 0 Å². The molecule has 1 saturated carbocycles. The van der Waals surface area contributed by atoms with Gasteiger partial charge in [0.25, 0.3) is 5.91 Å². The van der Waals surface area contributed by atoms with Crippen molar-refractivity contribution >= 4 is 11.8 Å². The van der Waals surface area contributed by atoms with E-state index in [0.717, 1.165) is 36.8 Å². The molecule has 1 atom stereocenters. The fraction of sp³-hybridized carbons (Fsp3) is 0.481. The molecule has 1 unspecified atom stereocenters.